The molecule has 0 radical (unpaired) electrons. The molecule has 0 aromatic carbocycles. The largest absolute Gasteiger partial charge is 0.493 e. The molecule has 3 aliphatic rings. The van der Waals surface area contributed by atoms with Crippen LogP contribution in [0.3, 0.4) is 0 Å². The monoisotopic (exact) mass is 390 g/mol. The summed E-state index contributed by atoms with van der Waals surface area (Å²) in [6.07, 6.45) is 7.05. The second kappa shape index (κ2) is 7.01. The van der Waals surface area contributed by atoms with Crippen LogP contribution in [0.4, 0.5) is 0 Å². The van der Waals surface area contributed by atoms with Crippen LogP contribution in [0.15, 0.2) is 24.0 Å². The van der Waals surface area contributed by atoms with Gasteiger partial charge in [0.2, 0.25) is 5.78 Å². The third kappa shape index (κ3) is 2.85. The zero-order valence-electron chi connectivity index (χ0n) is 17.8. The molecular formula is C23H34O5. The van der Waals surface area contributed by atoms with Gasteiger partial charge in [-0.05, 0) is 61.2 Å². The standard InChI is InChI=1S/C23H34O5/c1-14-8-7-9-18-21(14,3)11-10-15(2)22(18,4)12-16-19(24)17(27-5)13-23(16,26)20(25)28-6/h13,15-16,18,26H,1,7-12H2,2-6H3/t15-,16-,18+,21+,22+,23-/m1/s1. The second-order valence-corrected chi connectivity index (χ2v) is 9.56. The van der Waals surface area contributed by atoms with Crippen LogP contribution in [0.5, 0.6) is 0 Å². The molecular weight excluding hydrogens is 356 g/mol. The number of ether oxygens (including phenoxy) is 2. The number of Topliss-reactive ketones (excluding diaryl/α,β-unsaturated/α-hetero) is 1. The van der Waals surface area contributed by atoms with Gasteiger partial charge >= 0.3 is 5.97 Å². The van der Waals surface area contributed by atoms with Crippen LogP contribution in [-0.4, -0.2) is 36.7 Å². The molecule has 1 N–H and O–H groups in total. The number of hydrogen-bond acceptors (Lipinski definition) is 5. The number of methoxy groups -OCH3 is 2. The Bertz CT molecular complexity index is 725. The first-order chi connectivity index (χ1) is 13.0. The lowest BCUT2D eigenvalue weighted by Gasteiger charge is -2.59. The number of carbonyl (C=O) groups excluding carboxylic acids is 2. The van der Waals surface area contributed by atoms with Gasteiger partial charge in [-0.2, -0.15) is 0 Å². The van der Waals surface area contributed by atoms with Crippen LogP contribution in [0, 0.1) is 28.6 Å². The van der Waals surface area contributed by atoms with E-state index in [1.165, 1.54) is 25.9 Å². The van der Waals surface area contributed by atoms with E-state index in [1.54, 1.807) is 0 Å². The third-order valence-corrected chi connectivity index (χ3v) is 8.38. The van der Waals surface area contributed by atoms with Crippen LogP contribution >= 0.6 is 0 Å². The number of carbonyl (C=O) groups is 2. The summed E-state index contributed by atoms with van der Waals surface area (Å²) in [6.45, 7) is 11.2. The van der Waals surface area contributed by atoms with E-state index in [0.29, 0.717) is 18.3 Å². The zero-order valence-corrected chi connectivity index (χ0v) is 17.8. The summed E-state index contributed by atoms with van der Waals surface area (Å²) in [4.78, 5) is 25.5. The molecule has 0 aromatic rings. The number of allylic oxidation sites excluding steroid dienone is 2. The van der Waals surface area contributed by atoms with Crippen molar-refractivity contribution in [1.82, 2.24) is 0 Å². The van der Waals surface area contributed by atoms with Crippen molar-refractivity contribution in [2.75, 3.05) is 14.2 Å². The van der Waals surface area contributed by atoms with Crippen LogP contribution in [-0.2, 0) is 19.1 Å². The maximum Gasteiger partial charge on any atom is 0.342 e. The summed E-state index contributed by atoms with van der Waals surface area (Å²) in [5.74, 6) is -1.23. The molecule has 0 spiro atoms. The van der Waals surface area contributed by atoms with Gasteiger partial charge in [0, 0.05) is 6.08 Å². The van der Waals surface area contributed by atoms with Crippen molar-refractivity contribution >= 4 is 11.8 Å². The van der Waals surface area contributed by atoms with Crippen molar-refractivity contribution in [3.05, 3.63) is 24.0 Å². The molecule has 0 heterocycles. The van der Waals surface area contributed by atoms with E-state index in [0.717, 1.165) is 32.1 Å². The zero-order chi connectivity index (χ0) is 20.9. The Hall–Kier alpha value is -1.62. The molecule has 5 nitrogen and oxygen atoms in total. The Morgan fingerprint density at radius 3 is 2.61 bits per heavy atom. The van der Waals surface area contributed by atoms with Gasteiger partial charge in [0.15, 0.2) is 11.4 Å². The number of rotatable bonds is 4. The Morgan fingerprint density at radius 1 is 1.32 bits per heavy atom. The normalized spacial score (nSPS) is 43.4. The number of esters is 1. The molecule has 3 aliphatic carbocycles. The highest BCUT2D eigenvalue weighted by Gasteiger charge is 2.60. The van der Waals surface area contributed by atoms with Gasteiger partial charge in [-0.25, -0.2) is 4.79 Å². The van der Waals surface area contributed by atoms with E-state index in [-0.39, 0.29) is 22.4 Å². The van der Waals surface area contributed by atoms with E-state index < -0.39 is 17.5 Å². The van der Waals surface area contributed by atoms with Gasteiger partial charge in [-0.1, -0.05) is 32.9 Å². The van der Waals surface area contributed by atoms with Crippen LogP contribution < -0.4 is 0 Å². The van der Waals surface area contributed by atoms with Gasteiger partial charge < -0.3 is 14.6 Å². The second-order valence-electron chi connectivity index (χ2n) is 9.56. The Balaban J connectivity index is 2.00. The van der Waals surface area contributed by atoms with E-state index in [9.17, 15) is 14.7 Å². The number of hydrogen-bond donors (Lipinski definition) is 1. The van der Waals surface area contributed by atoms with Gasteiger partial charge in [-0.3, -0.25) is 4.79 Å². The Labute approximate surface area is 168 Å². The first-order valence-electron chi connectivity index (χ1n) is 10.3. The molecule has 0 aromatic heterocycles. The lowest BCUT2D eigenvalue weighted by atomic mass is 9.45. The van der Waals surface area contributed by atoms with Gasteiger partial charge in [0.1, 0.15) is 0 Å². The minimum atomic E-state index is -1.97. The summed E-state index contributed by atoms with van der Waals surface area (Å²) in [5, 5.41) is 11.2. The lowest BCUT2D eigenvalue weighted by molar-refractivity contribution is -0.167. The topological polar surface area (TPSA) is 72.8 Å². The maximum atomic E-state index is 13.0. The average Bonchev–Trinajstić information content (AvgIpc) is 2.91. The average molecular weight is 391 g/mol. The minimum absolute atomic E-state index is 0.0424. The van der Waals surface area contributed by atoms with Crippen LogP contribution in [0.25, 0.3) is 0 Å². The molecule has 2 saturated carbocycles. The summed E-state index contributed by atoms with van der Waals surface area (Å²) in [7, 11) is 2.62. The molecule has 156 valence electrons. The molecule has 0 aliphatic heterocycles. The highest BCUT2D eigenvalue weighted by molar-refractivity contribution is 6.05. The lowest BCUT2D eigenvalue weighted by Crippen LogP contribution is -2.54. The van der Waals surface area contributed by atoms with E-state index >= 15 is 0 Å². The molecule has 0 unspecified atom stereocenters. The van der Waals surface area contributed by atoms with Crippen LogP contribution in [0.1, 0.15) is 59.3 Å². The fourth-order valence-electron chi connectivity index (χ4n) is 6.27. The molecule has 5 heteroatoms. The fourth-order valence-corrected chi connectivity index (χ4v) is 6.27. The summed E-state index contributed by atoms with van der Waals surface area (Å²) in [6, 6.07) is 0. The fraction of sp³-hybridized carbons (Fsp3) is 0.739. The van der Waals surface area contributed by atoms with E-state index in [1.807, 2.05) is 0 Å². The first-order valence-corrected chi connectivity index (χ1v) is 10.3. The predicted octanol–water partition coefficient (Wildman–Crippen LogP) is 3.81. The number of ketones is 1. The highest BCUT2D eigenvalue weighted by atomic mass is 16.5. The van der Waals surface area contributed by atoms with Crippen molar-refractivity contribution < 1.29 is 24.2 Å². The summed E-state index contributed by atoms with van der Waals surface area (Å²) < 4.78 is 10.0. The minimum Gasteiger partial charge on any atom is -0.493 e. The number of fused-ring (bicyclic) bond motifs is 1. The van der Waals surface area contributed by atoms with Crippen molar-refractivity contribution in [3.8, 4) is 0 Å². The molecule has 6 atom stereocenters. The van der Waals surface area contributed by atoms with Gasteiger partial charge in [0.05, 0.1) is 20.1 Å². The molecule has 0 saturated heterocycles. The number of aliphatic hydroxyl groups is 1. The molecule has 0 amide bonds. The van der Waals surface area contributed by atoms with E-state index in [4.69, 9.17) is 9.47 Å². The quantitative estimate of drug-likeness (QED) is 0.584. The third-order valence-electron chi connectivity index (χ3n) is 8.38. The molecule has 2 fully saturated rings. The van der Waals surface area contributed by atoms with E-state index in [2.05, 4.69) is 27.4 Å². The van der Waals surface area contributed by atoms with Crippen molar-refractivity contribution in [1.29, 1.82) is 0 Å². The first kappa shape index (κ1) is 21.1. The Morgan fingerprint density at radius 2 is 2.00 bits per heavy atom. The summed E-state index contributed by atoms with van der Waals surface area (Å²) >= 11 is 0. The highest BCUT2D eigenvalue weighted by Crippen LogP contribution is 2.63. The van der Waals surface area contributed by atoms with Crippen molar-refractivity contribution in [2.45, 2.75) is 64.9 Å². The van der Waals surface area contributed by atoms with Crippen molar-refractivity contribution in [2.24, 2.45) is 28.6 Å². The SMILES string of the molecule is C=C1CCC[C@@H]2[C@@](C)(C[C@@H]3C(=O)C(OC)=C[C@]3(O)C(=O)OC)[C@H](C)CC[C@@]12C. The smallest absolute Gasteiger partial charge is 0.342 e. The molecule has 28 heavy (non-hydrogen) atoms. The van der Waals surface area contributed by atoms with Gasteiger partial charge in [0.25, 0.3) is 0 Å². The summed E-state index contributed by atoms with van der Waals surface area (Å²) in [5.41, 5.74) is -0.824. The molecule has 0 bridgehead atoms. The Kier molecular flexibility index (Phi) is 5.28. The van der Waals surface area contributed by atoms with Gasteiger partial charge in [-0.15, -0.1) is 0 Å². The predicted molar refractivity (Wildman–Crippen MR) is 106 cm³/mol. The van der Waals surface area contributed by atoms with Crippen LogP contribution in [0.2, 0.25) is 0 Å². The molecule has 3 rings (SSSR count). The van der Waals surface area contributed by atoms with Crippen molar-refractivity contribution in [3.63, 3.8) is 0 Å². The maximum absolute atomic E-state index is 13.0.